The highest BCUT2D eigenvalue weighted by molar-refractivity contribution is 7.11. The van der Waals surface area contributed by atoms with Crippen LogP contribution >= 0.6 is 22.7 Å². The molecule has 0 aliphatic heterocycles. The molecule has 5 heteroatoms. The van der Waals surface area contributed by atoms with E-state index >= 15 is 0 Å². The second-order valence-electron chi connectivity index (χ2n) is 5.55. The lowest BCUT2D eigenvalue weighted by molar-refractivity contribution is -0.124. The van der Waals surface area contributed by atoms with Crippen LogP contribution in [0.15, 0.2) is 59.3 Å². The lowest BCUT2D eigenvalue weighted by Crippen LogP contribution is -2.26. The molecule has 0 fully saturated rings. The van der Waals surface area contributed by atoms with Gasteiger partial charge in [0.15, 0.2) is 0 Å². The van der Waals surface area contributed by atoms with Crippen molar-refractivity contribution in [1.29, 1.82) is 0 Å². The van der Waals surface area contributed by atoms with Gasteiger partial charge in [0, 0.05) is 16.8 Å². The van der Waals surface area contributed by atoms with Crippen molar-refractivity contribution in [2.24, 2.45) is 0 Å². The number of methoxy groups -OCH3 is 1. The van der Waals surface area contributed by atoms with E-state index in [0.717, 1.165) is 16.2 Å². The number of likely N-dealkylation sites (N-methyl/N-ethyl adjacent to an activating group) is 1. The van der Waals surface area contributed by atoms with Crippen LogP contribution < -0.4 is 4.74 Å². The summed E-state index contributed by atoms with van der Waals surface area (Å²) in [7, 11) is 3.49. The van der Waals surface area contributed by atoms with Gasteiger partial charge in [0.2, 0.25) is 0 Å². The molecule has 3 nitrogen and oxygen atoms in total. The SMILES string of the molecule is COc1ccc(C=C(C(=O)N(C)Cc2cccs2)c2cccs2)cc1. The van der Waals surface area contributed by atoms with Gasteiger partial charge in [0.25, 0.3) is 5.91 Å². The van der Waals surface area contributed by atoms with Crippen LogP contribution in [-0.4, -0.2) is 25.0 Å². The number of thiophene rings is 2. The first-order chi connectivity index (χ1) is 12.2. The average molecular weight is 370 g/mol. The normalized spacial score (nSPS) is 11.4. The third kappa shape index (κ3) is 4.38. The summed E-state index contributed by atoms with van der Waals surface area (Å²) < 4.78 is 5.20. The molecule has 2 aromatic heterocycles. The van der Waals surface area contributed by atoms with Crippen LogP contribution in [0.2, 0.25) is 0 Å². The maximum atomic E-state index is 13.0. The topological polar surface area (TPSA) is 29.5 Å². The first kappa shape index (κ1) is 17.5. The number of hydrogen-bond donors (Lipinski definition) is 0. The zero-order valence-electron chi connectivity index (χ0n) is 14.1. The fraction of sp³-hybridized carbons (Fsp3) is 0.150. The predicted octanol–water partition coefficient (Wildman–Crippen LogP) is 5.02. The number of amides is 1. The molecule has 0 aliphatic carbocycles. The van der Waals surface area contributed by atoms with Crippen molar-refractivity contribution >= 4 is 40.2 Å². The lowest BCUT2D eigenvalue weighted by Gasteiger charge is -2.18. The van der Waals surface area contributed by atoms with Crippen molar-refractivity contribution in [3.05, 3.63) is 74.6 Å². The summed E-state index contributed by atoms with van der Waals surface area (Å²) in [5.41, 5.74) is 1.68. The van der Waals surface area contributed by atoms with Gasteiger partial charge in [-0.3, -0.25) is 4.79 Å². The van der Waals surface area contributed by atoms with Gasteiger partial charge in [-0.1, -0.05) is 24.3 Å². The van der Waals surface area contributed by atoms with E-state index in [2.05, 4.69) is 0 Å². The standard InChI is InChI=1S/C20H19NO2S2/c1-21(14-17-5-3-11-24-17)20(22)18(19-6-4-12-25-19)13-15-7-9-16(23-2)10-8-15/h3-13H,14H2,1-2H3. The first-order valence-electron chi connectivity index (χ1n) is 7.85. The quantitative estimate of drug-likeness (QED) is 0.571. The molecule has 0 spiro atoms. The molecule has 0 aliphatic rings. The number of ether oxygens (including phenoxy) is 1. The molecule has 1 aromatic carbocycles. The monoisotopic (exact) mass is 369 g/mol. The Hall–Kier alpha value is -2.37. The molecule has 0 radical (unpaired) electrons. The Balaban J connectivity index is 1.88. The summed E-state index contributed by atoms with van der Waals surface area (Å²) in [5.74, 6) is 0.822. The molecule has 3 aromatic rings. The Kier molecular flexibility index (Phi) is 5.68. The maximum Gasteiger partial charge on any atom is 0.255 e. The van der Waals surface area contributed by atoms with Crippen molar-refractivity contribution in [1.82, 2.24) is 4.90 Å². The highest BCUT2D eigenvalue weighted by Crippen LogP contribution is 2.26. The number of hydrogen-bond acceptors (Lipinski definition) is 4. The third-order valence-electron chi connectivity index (χ3n) is 3.76. The van der Waals surface area contributed by atoms with Gasteiger partial charge in [-0.15, -0.1) is 22.7 Å². The van der Waals surface area contributed by atoms with Gasteiger partial charge in [-0.2, -0.15) is 0 Å². The molecule has 0 atom stereocenters. The van der Waals surface area contributed by atoms with E-state index in [1.165, 1.54) is 4.88 Å². The zero-order chi connectivity index (χ0) is 17.6. The Morgan fingerprint density at radius 2 is 1.80 bits per heavy atom. The molecule has 0 N–H and O–H groups in total. The van der Waals surface area contributed by atoms with E-state index in [1.807, 2.05) is 72.4 Å². The van der Waals surface area contributed by atoms with Gasteiger partial charge in [0.1, 0.15) is 5.75 Å². The summed E-state index contributed by atoms with van der Waals surface area (Å²) in [5, 5.41) is 4.02. The molecular weight excluding hydrogens is 350 g/mol. The molecular formula is C20H19NO2S2. The van der Waals surface area contributed by atoms with Crippen LogP contribution in [0.4, 0.5) is 0 Å². The number of benzene rings is 1. The molecule has 2 heterocycles. The minimum Gasteiger partial charge on any atom is -0.497 e. The van der Waals surface area contributed by atoms with Crippen LogP contribution in [0.5, 0.6) is 5.75 Å². The van der Waals surface area contributed by atoms with Crippen molar-refractivity contribution in [2.75, 3.05) is 14.2 Å². The van der Waals surface area contributed by atoms with Gasteiger partial charge < -0.3 is 9.64 Å². The van der Waals surface area contributed by atoms with Crippen molar-refractivity contribution < 1.29 is 9.53 Å². The minimum atomic E-state index is 0.0201. The summed E-state index contributed by atoms with van der Waals surface area (Å²) in [4.78, 5) is 16.9. The molecule has 0 saturated carbocycles. The number of rotatable bonds is 6. The molecule has 0 unspecified atom stereocenters. The summed E-state index contributed by atoms with van der Waals surface area (Å²) >= 11 is 3.24. The molecule has 1 amide bonds. The number of carbonyl (C=O) groups is 1. The Morgan fingerprint density at radius 1 is 1.08 bits per heavy atom. The van der Waals surface area contributed by atoms with Crippen LogP contribution in [0.25, 0.3) is 11.6 Å². The summed E-state index contributed by atoms with van der Waals surface area (Å²) in [6, 6.07) is 15.7. The fourth-order valence-corrected chi connectivity index (χ4v) is 3.94. The summed E-state index contributed by atoms with van der Waals surface area (Å²) in [6.07, 6.45) is 1.94. The Labute approximate surface area is 155 Å². The smallest absolute Gasteiger partial charge is 0.255 e. The first-order valence-corrected chi connectivity index (χ1v) is 9.61. The molecule has 128 valence electrons. The second kappa shape index (κ2) is 8.14. The molecule has 3 rings (SSSR count). The maximum absolute atomic E-state index is 13.0. The van der Waals surface area contributed by atoms with E-state index in [-0.39, 0.29) is 5.91 Å². The Bertz CT molecular complexity index is 834. The third-order valence-corrected chi connectivity index (χ3v) is 5.53. The van der Waals surface area contributed by atoms with Gasteiger partial charge in [-0.25, -0.2) is 0 Å². The predicted molar refractivity (Wildman–Crippen MR) is 106 cm³/mol. The van der Waals surface area contributed by atoms with Crippen molar-refractivity contribution in [3.63, 3.8) is 0 Å². The molecule has 0 bridgehead atoms. The number of nitrogens with zero attached hydrogens (tertiary/aromatic N) is 1. The van der Waals surface area contributed by atoms with Crippen LogP contribution in [0.1, 0.15) is 15.3 Å². The largest absolute Gasteiger partial charge is 0.497 e. The van der Waals surface area contributed by atoms with Gasteiger partial charge in [-0.05, 0) is 46.7 Å². The Morgan fingerprint density at radius 3 is 2.40 bits per heavy atom. The molecule has 25 heavy (non-hydrogen) atoms. The zero-order valence-corrected chi connectivity index (χ0v) is 15.8. The highest BCUT2D eigenvalue weighted by atomic mass is 32.1. The van der Waals surface area contributed by atoms with Crippen LogP contribution in [0.3, 0.4) is 0 Å². The van der Waals surface area contributed by atoms with Crippen molar-refractivity contribution in [2.45, 2.75) is 6.54 Å². The minimum absolute atomic E-state index is 0.0201. The average Bonchev–Trinajstić information content (AvgIpc) is 3.33. The van der Waals surface area contributed by atoms with Gasteiger partial charge >= 0.3 is 0 Å². The summed E-state index contributed by atoms with van der Waals surface area (Å²) in [6.45, 7) is 0.613. The lowest BCUT2D eigenvalue weighted by atomic mass is 10.1. The van der Waals surface area contributed by atoms with Gasteiger partial charge in [0.05, 0.1) is 19.2 Å². The number of carbonyl (C=O) groups excluding carboxylic acids is 1. The highest BCUT2D eigenvalue weighted by Gasteiger charge is 2.18. The van der Waals surface area contributed by atoms with E-state index in [0.29, 0.717) is 12.1 Å². The van der Waals surface area contributed by atoms with E-state index < -0.39 is 0 Å². The fourth-order valence-electron chi connectivity index (χ4n) is 2.45. The second-order valence-corrected chi connectivity index (χ2v) is 7.53. The van der Waals surface area contributed by atoms with E-state index in [9.17, 15) is 4.79 Å². The van der Waals surface area contributed by atoms with E-state index in [4.69, 9.17) is 4.74 Å². The van der Waals surface area contributed by atoms with E-state index in [1.54, 1.807) is 34.7 Å². The van der Waals surface area contributed by atoms with Crippen LogP contribution in [0, 0.1) is 0 Å². The van der Waals surface area contributed by atoms with Crippen LogP contribution in [-0.2, 0) is 11.3 Å². The van der Waals surface area contributed by atoms with Crippen molar-refractivity contribution in [3.8, 4) is 5.75 Å². The molecule has 0 saturated heterocycles.